The molecule has 0 fully saturated rings. The van der Waals surface area contributed by atoms with E-state index >= 15 is 0 Å². The van der Waals surface area contributed by atoms with Crippen molar-refractivity contribution in [2.24, 2.45) is 0 Å². The first-order valence-electron chi connectivity index (χ1n) is 17.2. The number of fused-ring (bicyclic) bond motifs is 11. The van der Waals surface area contributed by atoms with Crippen molar-refractivity contribution in [2.45, 2.75) is 12.0 Å². The number of anilines is 3. The van der Waals surface area contributed by atoms with E-state index in [9.17, 15) is 0 Å². The van der Waals surface area contributed by atoms with Gasteiger partial charge in [0, 0.05) is 38.7 Å². The van der Waals surface area contributed by atoms with E-state index in [0.29, 0.717) is 0 Å². The lowest BCUT2D eigenvalue weighted by molar-refractivity contribution is 0.269. The van der Waals surface area contributed by atoms with Crippen LogP contribution < -0.4 is 9.64 Å². The van der Waals surface area contributed by atoms with E-state index in [1.807, 2.05) is 6.07 Å². The first-order valence-corrected chi connectivity index (χ1v) is 17.2. The number of para-hydroxylation sites is 5. The van der Waals surface area contributed by atoms with Gasteiger partial charge in [0.05, 0.1) is 33.5 Å². The zero-order chi connectivity index (χ0) is 32.8. The van der Waals surface area contributed by atoms with E-state index in [4.69, 9.17) is 9.15 Å². The van der Waals surface area contributed by atoms with E-state index in [0.717, 1.165) is 72.2 Å². The van der Waals surface area contributed by atoms with Crippen molar-refractivity contribution in [1.29, 1.82) is 0 Å². The summed E-state index contributed by atoms with van der Waals surface area (Å²) in [6, 6.07) is 52.0. The predicted octanol–water partition coefficient (Wildman–Crippen LogP) is 12.3. The number of hydrogen-bond donors (Lipinski definition) is 0. The lowest BCUT2D eigenvalue weighted by Gasteiger charge is -2.29. The summed E-state index contributed by atoms with van der Waals surface area (Å²) in [5, 5.41) is 6.76. The van der Waals surface area contributed by atoms with Crippen molar-refractivity contribution >= 4 is 71.6 Å². The van der Waals surface area contributed by atoms with Crippen LogP contribution in [0.15, 0.2) is 174 Å². The first-order chi connectivity index (χ1) is 24.8. The average Bonchev–Trinajstić information content (AvgIpc) is 3.86. The lowest BCUT2D eigenvalue weighted by atomic mass is 9.91. The highest BCUT2D eigenvalue weighted by atomic mass is 16.5. The van der Waals surface area contributed by atoms with Crippen molar-refractivity contribution < 1.29 is 9.15 Å². The molecule has 1 aliphatic heterocycles. The van der Waals surface area contributed by atoms with Crippen LogP contribution >= 0.6 is 0 Å². The monoisotopic (exact) mass is 642 g/mol. The van der Waals surface area contributed by atoms with Crippen LogP contribution in [0.5, 0.6) is 5.75 Å². The summed E-state index contributed by atoms with van der Waals surface area (Å²) in [6.45, 7) is 0. The molecule has 0 amide bonds. The highest BCUT2D eigenvalue weighted by Crippen LogP contribution is 2.54. The van der Waals surface area contributed by atoms with Crippen molar-refractivity contribution in [3.8, 4) is 11.4 Å². The SMILES string of the molecule is C1=CC2Oc3c(cccc3N(c3cc4ccccc4c4oc5ccccc5c34)c3cccc4c5ccccc5n(-c5ccccc5)c34)C2C=C1. The molecule has 0 N–H and O–H groups in total. The van der Waals surface area contributed by atoms with E-state index in [1.165, 1.54) is 16.3 Å². The fourth-order valence-corrected chi connectivity index (χ4v) is 8.36. The van der Waals surface area contributed by atoms with E-state index < -0.39 is 0 Å². The molecule has 50 heavy (non-hydrogen) atoms. The maximum absolute atomic E-state index is 6.91. The van der Waals surface area contributed by atoms with Crippen LogP contribution in [0.2, 0.25) is 0 Å². The Morgan fingerprint density at radius 3 is 2.20 bits per heavy atom. The van der Waals surface area contributed by atoms with Crippen LogP contribution in [0, 0.1) is 0 Å². The minimum absolute atomic E-state index is 0.0454. The Bertz CT molecular complexity index is 2870. The Labute approximate surface area is 288 Å². The normalized spacial score (nSPS) is 16.4. The third-order valence-electron chi connectivity index (χ3n) is 10.5. The second-order valence-electron chi connectivity index (χ2n) is 13.2. The van der Waals surface area contributed by atoms with Crippen LogP contribution in [0.4, 0.5) is 17.1 Å². The molecule has 0 saturated heterocycles. The number of nitrogens with zero attached hydrogens (tertiary/aromatic N) is 2. The molecule has 11 rings (SSSR count). The van der Waals surface area contributed by atoms with Crippen molar-refractivity contribution in [2.75, 3.05) is 4.90 Å². The molecule has 4 heteroatoms. The van der Waals surface area contributed by atoms with Gasteiger partial charge in [-0.1, -0.05) is 121 Å². The molecule has 4 nitrogen and oxygen atoms in total. The summed E-state index contributed by atoms with van der Waals surface area (Å²) in [5.41, 5.74) is 9.44. The summed E-state index contributed by atoms with van der Waals surface area (Å²) in [5.74, 6) is 1.07. The van der Waals surface area contributed by atoms with Gasteiger partial charge in [-0.25, -0.2) is 0 Å². The fraction of sp³-hybridized carbons (Fsp3) is 0.0435. The van der Waals surface area contributed by atoms with E-state index in [1.54, 1.807) is 0 Å². The van der Waals surface area contributed by atoms with Gasteiger partial charge in [0.2, 0.25) is 0 Å². The Morgan fingerprint density at radius 2 is 1.28 bits per heavy atom. The number of benzene rings is 7. The molecule has 236 valence electrons. The van der Waals surface area contributed by atoms with Gasteiger partial charge in [-0.2, -0.15) is 0 Å². The summed E-state index contributed by atoms with van der Waals surface area (Å²) in [7, 11) is 0. The Kier molecular flexibility index (Phi) is 5.75. The summed E-state index contributed by atoms with van der Waals surface area (Å²) >= 11 is 0. The van der Waals surface area contributed by atoms with Crippen molar-refractivity contribution in [3.05, 3.63) is 175 Å². The smallest absolute Gasteiger partial charge is 0.148 e. The largest absolute Gasteiger partial charge is 0.483 e. The minimum Gasteiger partial charge on any atom is -0.483 e. The zero-order valence-corrected chi connectivity index (χ0v) is 27.0. The third-order valence-corrected chi connectivity index (χ3v) is 10.5. The second-order valence-corrected chi connectivity index (χ2v) is 13.2. The number of aromatic nitrogens is 1. The molecule has 1 aliphatic carbocycles. The summed E-state index contributed by atoms with van der Waals surface area (Å²) in [4.78, 5) is 2.43. The van der Waals surface area contributed by atoms with Gasteiger partial charge in [0.1, 0.15) is 23.0 Å². The van der Waals surface area contributed by atoms with Crippen molar-refractivity contribution in [1.82, 2.24) is 4.57 Å². The van der Waals surface area contributed by atoms with Gasteiger partial charge in [-0.05, 0) is 53.9 Å². The second kappa shape index (κ2) is 10.5. The average molecular weight is 643 g/mol. The zero-order valence-electron chi connectivity index (χ0n) is 27.0. The predicted molar refractivity (Wildman–Crippen MR) is 206 cm³/mol. The number of hydrogen-bond acceptors (Lipinski definition) is 3. The maximum atomic E-state index is 6.91. The highest BCUT2D eigenvalue weighted by Gasteiger charge is 2.36. The summed E-state index contributed by atoms with van der Waals surface area (Å²) in [6.07, 6.45) is 8.61. The molecule has 0 radical (unpaired) electrons. The van der Waals surface area contributed by atoms with E-state index in [2.05, 4.69) is 173 Å². The van der Waals surface area contributed by atoms with Crippen LogP contribution in [-0.2, 0) is 0 Å². The fourth-order valence-electron chi connectivity index (χ4n) is 8.36. The van der Waals surface area contributed by atoms with Gasteiger partial charge < -0.3 is 18.6 Å². The Balaban J connectivity index is 1.32. The number of rotatable bonds is 4. The van der Waals surface area contributed by atoms with Crippen LogP contribution in [0.1, 0.15) is 11.5 Å². The molecule has 0 bridgehead atoms. The van der Waals surface area contributed by atoms with Gasteiger partial charge in [-0.3, -0.25) is 0 Å². The van der Waals surface area contributed by atoms with Crippen LogP contribution in [-0.4, -0.2) is 10.7 Å². The molecule has 0 spiro atoms. The molecule has 2 unspecified atom stereocenters. The molecule has 0 saturated carbocycles. The summed E-state index contributed by atoms with van der Waals surface area (Å²) < 4.78 is 16.1. The molecule has 7 aromatic carbocycles. The van der Waals surface area contributed by atoms with Gasteiger partial charge in [0.15, 0.2) is 0 Å². The molecule has 9 aromatic rings. The number of ether oxygens (including phenoxy) is 1. The van der Waals surface area contributed by atoms with E-state index in [-0.39, 0.29) is 12.0 Å². The Hall–Kier alpha value is -6.52. The number of allylic oxidation sites excluding steroid dienone is 2. The van der Waals surface area contributed by atoms with Gasteiger partial charge in [0.25, 0.3) is 0 Å². The molecular weight excluding hydrogens is 613 g/mol. The molecule has 2 atom stereocenters. The quantitative estimate of drug-likeness (QED) is 0.191. The first kappa shape index (κ1) is 27.4. The third kappa shape index (κ3) is 3.81. The highest BCUT2D eigenvalue weighted by molar-refractivity contribution is 6.23. The van der Waals surface area contributed by atoms with Crippen LogP contribution in [0.3, 0.4) is 0 Å². The molecular formula is C46H30N2O2. The topological polar surface area (TPSA) is 30.5 Å². The van der Waals surface area contributed by atoms with Crippen LogP contribution in [0.25, 0.3) is 60.2 Å². The minimum atomic E-state index is -0.0454. The van der Waals surface area contributed by atoms with Gasteiger partial charge in [-0.15, -0.1) is 0 Å². The molecule has 2 aromatic heterocycles. The standard InChI is InChI=1S/C46H30N2O2/c1-2-15-30(16-3-1)47-37-23-9-6-18-32(37)34-21-12-24-38(44(34)47)48(39-25-13-22-35-33-19-7-10-26-41(33)49-45(35)39)40-28-29-14-4-5-17-31(29)46-43(40)36-20-8-11-27-42(36)50-46/h1-28,33,41H. The molecule has 2 aliphatic rings. The maximum Gasteiger partial charge on any atom is 0.148 e. The molecule has 3 heterocycles. The van der Waals surface area contributed by atoms with Gasteiger partial charge >= 0.3 is 0 Å². The Morgan fingerprint density at radius 1 is 0.560 bits per heavy atom. The van der Waals surface area contributed by atoms with Crippen molar-refractivity contribution in [3.63, 3.8) is 0 Å². The lowest BCUT2D eigenvalue weighted by Crippen LogP contribution is -2.16. The number of furan rings is 1.